The highest BCUT2D eigenvalue weighted by molar-refractivity contribution is 5.84. The maximum Gasteiger partial charge on any atom is 0.266 e. The molecule has 4 nitrogen and oxygen atoms in total. The lowest BCUT2D eigenvalue weighted by Gasteiger charge is -2.30. The van der Waals surface area contributed by atoms with E-state index in [1.54, 1.807) is 0 Å². The molecule has 1 aliphatic heterocycles. The summed E-state index contributed by atoms with van der Waals surface area (Å²) in [7, 11) is 0. The Morgan fingerprint density at radius 3 is 2.27 bits per heavy atom. The molecule has 1 saturated heterocycles. The van der Waals surface area contributed by atoms with Gasteiger partial charge in [-0.1, -0.05) is 6.42 Å². The van der Waals surface area contributed by atoms with E-state index in [2.05, 4.69) is 5.43 Å². The van der Waals surface area contributed by atoms with Gasteiger partial charge in [-0.05, 0) is 38.5 Å². The third-order valence-corrected chi connectivity index (χ3v) is 3.47. The normalized spacial score (nSPS) is 26.5. The van der Waals surface area contributed by atoms with Crippen LogP contribution in [0.25, 0.3) is 0 Å². The van der Waals surface area contributed by atoms with Crippen molar-refractivity contribution in [3.05, 3.63) is 0 Å². The molecule has 1 amide bonds. The second-order valence-electron chi connectivity index (χ2n) is 4.73. The fourth-order valence-corrected chi connectivity index (χ4v) is 2.44. The number of amides is 1. The van der Waals surface area contributed by atoms with Gasteiger partial charge in [0.25, 0.3) is 5.91 Å². The number of rotatable bonds is 2. The average Bonchev–Trinajstić information content (AvgIpc) is 2.68. The molecule has 2 N–H and O–H groups in total. The molecule has 86 valence electrons. The van der Waals surface area contributed by atoms with Gasteiger partial charge in [-0.3, -0.25) is 10.2 Å². The van der Waals surface area contributed by atoms with Crippen molar-refractivity contribution in [3.8, 4) is 0 Å². The quantitative estimate of drug-likeness (QED) is 0.712. The summed E-state index contributed by atoms with van der Waals surface area (Å²) in [4.78, 5) is 11.8. The first-order valence-corrected chi connectivity index (χ1v) is 5.99. The number of nitrogens with zero attached hydrogens (tertiary/aromatic N) is 1. The number of hydrogen-bond acceptors (Lipinski definition) is 3. The number of carbonyl (C=O) groups is 1. The second kappa shape index (κ2) is 4.49. The number of nitrogens with one attached hydrogen (secondary N) is 1. The molecule has 0 unspecified atom stereocenters. The van der Waals surface area contributed by atoms with E-state index in [-0.39, 0.29) is 5.91 Å². The minimum Gasteiger partial charge on any atom is -0.380 e. The summed E-state index contributed by atoms with van der Waals surface area (Å²) in [6.07, 6.45) is 6.68. The fourth-order valence-electron chi connectivity index (χ4n) is 2.44. The maximum atomic E-state index is 11.8. The number of hydrazine groups is 1. The van der Waals surface area contributed by atoms with Gasteiger partial charge in [0.05, 0.1) is 0 Å². The topological polar surface area (TPSA) is 52.6 Å². The lowest BCUT2D eigenvalue weighted by molar-refractivity contribution is -0.144. The molecule has 1 heterocycles. The molecule has 0 aromatic rings. The standard InChI is InChI=1S/C11H20N2O2/c14-10(11(15)6-2-3-7-11)12-13-8-4-1-5-9-13/h15H,1-9H2,(H,12,14). The predicted molar refractivity (Wildman–Crippen MR) is 57.0 cm³/mol. The second-order valence-corrected chi connectivity index (χ2v) is 4.73. The Kier molecular flexibility index (Phi) is 3.26. The van der Waals surface area contributed by atoms with Gasteiger partial charge in [0.1, 0.15) is 5.60 Å². The minimum absolute atomic E-state index is 0.193. The molecular formula is C11H20N2O2. The van der Waals surface area contributed by atoms with Crippen molar-refractivity contribution in [1.29, 1.82) is 0 Å². The van der Waals surface area contributed by atoms with Crippen LogP contribution in [0.15, 0.2) is 0 Å². The van der Waals surface area contributed by atoms with Crippen molar-refractivity contribution in [2.45, 2.75) is 50.5 Å². The summed E-state index contributed by atoms with van der Waals surface area (Å²) < 4.78 is 0. The van der Waals surface area contributed by atoms with Crippen LogP contribution in [0.2, 0.25) is 0 Å². The van der Waals surface area contributed by atoms with Crippen LogP contribution in [0.5, 0.6) is 0 Å². The van der Waals surface area contributed by atoms with E-state index in [1.807, 2.05) is 5.01 Å². The van der Waals surface area contributed by atoms with Crippen molar-refractivity contribution < 1.29 is 9.90 Å². The van der Waals surface area contributed by atoms with Crippen LogP contribution in [0.4, 0.5) is 0 Å². The predicted octanol–water partition coefficient (Wildman–Crippen LogP) is 0.809. The highest BCUT2D eigenvalue weighted by Gasteiger charge is 2.39. The van der Waals surface area contributed by atoms with E-state index < -0.39 is 5.60 Å². The zero-order chi connectivity index (χ0) is 10.7. The monoisotopic (exact) mass is 212 g/mol. The van der Waals surface area contributed by atoms with Gasteiger partial charge in [-0.25, -0.2) is 5.01 Å². The largest absolute Gasteiger partial charge is 0.380 e. The van der Waals surface area contributed by atoms with E-state index in [0.717, 1.165) is 38.8 Å². The third-order valence-electron chi connectivity index (χ3n) is 3.47. The molecule has 2 rings (SSSR count). The molecule has 15 heavy (non-hydrogen) atoms. The lowest BCUT2D eigenvalue weighted by Crippen LogP contribution is -2.53. The van der Waals surface area contributed by atoms with Gasteiger partial charge in [0.15, 0.2) is 0 Å². The molecule has 1 saturated carbocycles. The van der Waals surface area contributed by atoms with Crippen molar-refractivity contribution in [1.82, 2.24) is 10.4 Å². The van der Waals surface area contributed by atoms with Crippen LogP contribution in [0.3, 0.4) is 0 Å². The molecule has 2 fully saturated rings. The van der Waals surface area contributed by atoms with Crippen LogP contribution in [0.1, 0.15) is 44.9 Å². The Morgan fingerprint density at radius 2 is 1.67 bits per heavy atom. The van der Waals surface area contributed by atoms with E-state index in [4.69, 9.17) is 0 Å². The number of aliphatic hydroxyl groups is 1. The van der Waals surface area contributed by atoms with Crippen molar-refractivity contribution in [2.75, 3.05) is 13.1 Å². The molecule has 0 aromatic carbocycles. The van der Waals surface area contributed by atoms with Crippen LogP contribution < -0.4 is 5.43 Å². The van der Waals surface area contributed by atoms with Crippen LogP contribution in [0, 0.1) is 0 Å². The van der Waals surface area contributed by atoms with E-state index in [1.165, 1.54) is 6.42 Å². The summed E-state index contributed by atoms with van der Waals surface area (Å²) in [5.41, 5.74) is 1.76. The number of carbonyl (C=O) groups excluding carboxylic acids is 1. The zero-order valence-corrected chi connectivity index (χ0v) is 9.17. The summed E-state index contributed by atoms with van der Waals surface area (Å²) in [6, 6.07) is 0. The van der Waals surface area contributed by atoms with E-state index in [9.17, 15) is 9.90 Å². The first-order valence-electron chi connectivity index (χ1n) is 5.99. The highest BCUT2D eigenvalue weighted by Crippen LogP contribution is 2.29. The van der Waals surface area contributed by atoms with Gasteiger partial charge in [0.2, 0.25) is 0 Å². The summed E-state index contributed by atoms with van der Waals surface area (Å²) in [5.74, 6) is -0.193. The Balaban J connectivity index is 1.85. The molecule has 0 aromatic heterocycles. The highest BCUT2D eigenvalue weighted by atomic mass is 16.3. The minimum atomic E-state index is -1.09. The third kappa shape index (κ3) is 2.49. The fraction of sp³-hybridized carbons (Fsp3) is 0.909. The smallest absolute Gasteiger partial charge is 0.266 e. The van der Waals surface area contributed by atoms with Crippen LogP contribution >= 0.6 is 0 Å². The van der Waals surface area contributed by atoms with Gasteiger partial charge < -0.3 is 5.11 Å². The first kappa shape index (κ1) is 10.9. The lowest BCUT2D eigenvalue weighted by atomic mass is 10.0. The molecular weight excluding hydrogens is 192 g/mol. The van der Waals surface area contributed by atoms with Crippen molar-refractivity contribution >= 4 is 5.91 Å². The maximum absolute atomic E-state index is 11.8. The number of hydrogen-bond donors (Lipinski definition) is 2. The Bertz CT molecular complexity index is 231. The molecule has 0 atom stereocenters. The first-order chi connectivity index (χ1) is 7.21. The number of piperidine rings is 1. The molecule has 0 spiro atoms. The van der Waals surface area contributed by atoms with Gasteiger partial charge in [0, 0.05) is 13.1 Å². The molecule has 1 aliphatic carbocycles. The Labute approximate surface area is 90.6 Å². The summed E-state index contributed by atoms with van der Waals surface area (Å²) in [6.45, 7) is 1.84. The van der Waals surface area contributed by atoms with Crippen LogP contribution in [-0.2, 0) is 4.79 Å². The molecule has 0 bridgehead atoms. The van der Waals surface area contributed by atoms with Gasteiger partial charge in [-0.15, -0.1) is 0 Å². The summed E-state index contributed by atoms with van der Waals surface area (Å²) in [5, 5.41) is 12.0. The zero-order valence-electron chi connectivity index (χ0n) is 9.17. The van der Waals surface area contributed by atoms with Crippen molar-refractivity contribution in [3.63, 3.8) is 0 Å². The van der Waals surface area contributed by atoms with Crippen molar-refractivity contribution in [2.24, 2.45) is 0 Å². The molecule has 2 aliphatic rings. The van der Waals surface area contributed by atoms with Gasteiger partial charge >= 0.3 is 0 Å². The van der Waals surface area contributed by atoms with Gasteiger partial charge in [-0.2, -0.15) is 0 Å². The Morgan fingerprint density at radius 1 is 1.07 bits per heavy atom. The molecule has 4 heteroatoms. The van der Waals surface area contributed by atoms with Crippen LogP contribution in [-0.4, -0.2) is 34.7 Å². The average molecular weight is 212 g/mol. The molecule has 0 radical (unpaired) electrons. The Hall–Kier alpha value is -0.610. The van der Waals surface area contributed by atoms with E-state index >= 15 is 0 Å². The van der Waals surface area contributed by atoms with E-state index in [0.29, 0.717) is 12.8 Å². The SMILES string of the molecule is O=C(NN1CCCCC1)C1(O)CCCC1. The summed E-state index contributed by atoms with van der Waals surface area (Å²) >= 11 is 0.